The molecule has 3 N–H and O–H groups in total. The quantitative estimate of drug-likeness (QED) is 0.0328. The number of nitrogens with one attached hydrogen (secondary N) is 1. The van der Waals surface area contributed by atoms with E-state index in [4.69, 9.17) is 4.74 Å². The Morgan fingerprint density at radius 3 is 1.52 bits per heavy atom. The maximum Gasteiger partial charge on any atom is 0.306 e. The molecule has 0 aliphatic carbocycles. The van der Waals surface area contributed by atoms with E-state index >= 15 is 0 Å². The highest BCUT2D eigenvalue weighted by molar-refractivity contribution is 5.78. The number of carbonyl (C=O) groups excluding carboxylic acids is 2. The summed E-state index contributed by atoms with van der Waals surface area (Å²) in [5.74, 6) is -0.647. The number of amides is 1. The summed E-state index contributed by atoms with van der Waals surface area (Å²) in [4.78, 5) is 25.9. The van der Waals surface area contributed by atoms with Crippen LogP contribution in [0.2, 0.25) is 0 Å². The van der Waals surface area contributed by atoms with Crippen molar-refractivity contribution in [1.29, 1.82) is 0 Å². The predicted octanol–water partition coefficient (Wildman–Crippen LogP) is 13.2. The number of allylic oxidation sites excluding steroid dienone is 13. The van der Waals surface area contributed by atoms with Crippen LogP contribution >= 0.6 is 0 Å². The molecule has 0 fully saturated rings. The second-order valence-corrected chi connectivity index (χ2v) is 15.0. The standard InChI is InChI=1S/C50H85NO5/c1-4-7-10-13-16-19-21-23-25-27-30-32-35-38-41-46(56-50(55)43-40-37-34-31-28-26-24-22-20-17-14-11-8-5-2)44-49(54)51-47(45-52)48(53)42-39-36-33-29-18-15-12-9-6-3/h7-8,10-11,16-17,19-20,23,25,30,32,38,41,46-48,52-53H,4-6,9,12-15,18,21-22,24,26-29,31,33-37,39-40,42-45H2,1-3H3,(H,51,54)/b10-7+,11-8+,19-16+,20-17+,25-23+,32-30+,41-38+. The van der Waals surface area contributed by atoms with Crippen LogP contribution in [0.5, 0.6) is 0 Å². The SMILES string of the molecule is CC/C=C/C/C=C/C/C=C/C/C=C/C/C=C/C(CC(=O)NC(CO)C(O)CCCCCCCCCCC)OC(=O)CCCCCCCCC/C=C/C/C=C/CC. The van der Waals surface area contributed by atoms with Crippen molar-refractivity contribution >= 4 is 11.9 Å². The summed E-state index contributed by atoms with van der Waals surface area (Å²) < 4.78 is 5.79. The summed E-state index contributed by atoms with van der Waals surface area (Å²) in [6, 6.07) is -0.745. The lowest BCUT2D eigenvalue weighted by molar-refractivity contribution is -0.148. The molecular formula is C50H85NO5. The fraction of sp³-hybridized carbons (Fsp3) is 0.680. The Morgan fingerprint density at radius 1 is 0.554 bits per heavy atom. The van der Waals surface area contributed by atoms with E-state index in [-0.39, 0.29) is 24.9 Å². The molecule has 1 amide bonds. The van der Waals surface area contributed by atoms with Gasteiger partial charge >= 0.3 is 5.97 Å². The van der Waals surface area contributed by atoms with Gasteiger partial charge in [-0.2, -0.15) is 0 Å². The number of rotatable bonds is 39. The Morgan fingerprint density at radius 2 is 1.00 bits per heavy atom. The highest BCUT2D eigenvalue weighted by atomic mass is 16.5. The van der Waals surface area contributed by atoms with Crippen LogP contribution in [0.15, 0.2) is 85.1 Å². The van der Waals surface area contributed by atoms with Crippen molar-refractivity contribution in [1.82, 2.24) is 5.32 Å². The first kappa shape index (κ1) is 53.0. The lowest BCUT2D eigenvalue weighted by Gasteiger charge is -2.23. The van der Waals surface area contributed by atoms with Crippen molar-refractivity contribution in [3.05, 3.63) is 85.1 Å². The van der Waals surface area contributed by atoms with E-state index in [1.165, 1.54) is 64.2 Å². The van der Waals surface area contributed by atoms with Crippen LogP contribution in [0.3, 0.4) is 0 Å². The number of esters is 1. The number of carbonyl (C=O) groups is 2. The summed E-state index contributed by atoms with van der Waals surface area (Å²) in [6.07, 6.45) is 55.3. The number of aliphatic hydroxyl groups is 2. The molecular weight excluding hydrogens is 695 g/mol. The molecule has 0 spiro atoms. The minimum absolute atomic E-state index is 0.0532. The largest absolute Gasteiger partial charge is 0.458 e. The molecule has 0 saturated carbocycles. The number of hydrogen-bond acceptors (Lipinski definition) is 5. The summed E-state index contributed by atoms with van der Waals surface area (Å²) in [5.41, 5.74) is 0. The fourth-order valence-corrected chi connectivity index (χ4v) is 6.31. The van der Waals surface area contributed by atoms with E-state index < -0.39 is 18.2 Å². The number of hydrogen-bond donors (Lipinski definition) is 3. The molecule has 0 aromatic heterocycles. The van der Waals surface area contributed by atoms with Gasteiger partial charge in [0.1, 0.15) is 6.10 Å². The zero-order valence-corrected chi connectivity index (χ0v) is 36.2. The summed E-state index contributed by atoms with van der Waals surface area (Å²) in [5, 5.41) is 23.5. The minimum atomic E-state index is -0.821. The average molecular weight is 780 g/mol. The van der Waals surface area contributed by atoms with Gasteiger partial charge in [-0.3, -0.25) is 9.59 Å². The topological polar surface area (TPSA) is 95.9 Å². The Kier molecular flexibility index (Phi) is 40.9. The van der Waals surface area contributed by atoms with Gasteiger partial charge in [0.15, 0.2) is 0 Å². The molecule has 3 atom stereocenters. The first-order valence-electron chi connectivity index (χ1n) is 22.8. The molecule has 320 valence electrons. The van der Waals surface area contributed by atoms with E-state index in [1.807, 2.05) is 6.08 Å². The molecule has 0 aliphatic heterocycles. The Labute approximate surface area is 344 Å². The van der Waals surface area contributed by atoms with Gasteiger partial charge in [0.05, 0.1) is 25.2 Å². The lowest BCUT2D eigenvalue weighted by atomic mass is 10.0. The predicted molar refractivity (Wildman–Crippen MR) is 241 cm³/mol. The van der Waals surface area contributed by atoms with Gasteiger partial charge in [0.2, 0.25) is 5.91 Å². The van der Waals surface area contributed by atoms with Gasteiger partial charge in [-0.1, -0.05) is 190 Å². The molecule has 0 aromatic rings. The Bertz CT molecular complexity index is 1100. The minimum Gasteiger partial charge on any atom is -0.458 e. The maximum atomic E-state index is 13.1. The van der Waals surface area contributed by atoms with Gasteiger partial charge in [-0.05, 0) is 76.7 Å². The Balaban J connectivity index is 4.80. The molecule has 6 nitrogen and oxygen atoms in total. The summed E-state index contributed by atoms with van der Waals surface area (Å²) in [6.45, 7) is 6.18. The van der Waals surface area contributed by atoms with Crippen LogP contribution in [0, 0.1) is 0 Å². The smallest absolute Gasteiger partial charge is 0.306 e. The van der Waals surface area contributed by atoms with Gasteiger partial charge in [-0.15, -0.1) is 0 Å². The van der Waals surface area contributed by atoms with Crippen LogP contribution in [-0.4, -0.2) is 46.9 Å². The van der Waals surface area contributed by atoms with Crippen molar-refractivity contribution in [2.24, 2.45) is 0 Å². The van der Waals surface area contributed by atoms with Crippen LogP contribution in [0.4, 0.5) is 0 Å². The second kappa shape index (κ2) is 43.2. The molecule has 0 aromatic carbocycles. The number of unbranched alkanes of at least 4 members (excludes halogenated alkanes) is 15. The maximum absolute atomic E-state index is 13.1. The van der Waals surface area contributed by atoms with Crippen LogP contribution in [0.1, 0.15) is 194 Å². The van der Waals surface area contributed by atoms with E-state index in [9.17, 15) is 19.8 Å². The van der Waals surface area contributed by atoms with E-state index in [0.29, 0.717) is 19.3 Å². The highest BCUT2D eigenvalue weighted by Crippen LogP contribution is 2.15. The lowest BCUT2D eigenvalue weighted by Crippen LogP contribution is -2.46. The van der Waals surface area contributed by atoms with Crippen molar-refractivity contribution < 1.29 is 24.5 Å². The molecule has 0 rings (SSSR count). The first-order chi connectivity index (χ1) is 27.5. The summed E-state index contributed by atoms with van der Waals surface area (Å²) >= 11 is 0. The molecule has 0 bridgehead atoms. The van der Waals surface area contributed by atoms with Crippen molar-refractivity contribution in [3.63, 3.8) is 0 Å². The van der Waals surface area contributed by atoms with E-state index in [1.54, 1.807) is 6.08 Å². The van der Waals surface area contributed by atoms with Crippen molar-refractivity contribution in [3.8, 4) is 0 Å². The molecule has 0 saturated heterocycles. The van der Waals surface area contributed by atoms with Gasteiger partial charge in [-0.25, -0.2) is 0 Å². The average Bonchev–Trinajstić information content (AvgIpc) is 3.19. The Hall–Kier alpha value is -2.96. The number of aliphatic hydroxyl groups excluding tert-OH is 2. The van der Waals surface area contributed by atoms with E-state index in [0.717, 1.165) is 83.5 Å². The third kappa shape index (κ3) is 37.9. The number of ether oxygens (including phenoxy) is 1. The zero-order chi connectivity index (χ0) is 41.0. The normalized spacial score (nSPS) is 14.2. The fourth-order valence-electron chi connectivity index (χ4n) is 6.31. The van der Waals surface area contributed by atoms with E-state index in [2.05, 4.69) is 99.0 Å². The molecule has 0 radical (unpaired) electrons. The van der Waals surface area contributed by atoms with Crippen LogP contribution in [0.25, 0.3) is 0 Å². The second-order valence-electron chi connectivity index (χ2n) is 15.0. The van der Waals surface area contributed by atoms with Crippen molar-refractivity contribution in [2.45, 2.75) is 212 Å². The highest BCUT2D eigenvalue weighted by Gasteiger charge is 2.23. The third-order valence-corrected chi connectivity index (χ3v) is 9.72. The van der Waals surface area contributed by atoms with Crippen LogP contribution in [-0.2, 0) is 14.3 Å². The molecule has 56 heavy (non-hydrogen) atoms. The van der Waals surface area contributed by atoms with Gasteiger partial charge < -0.3 is 20.3 Å². The molecule has 6 heteroatoms. The zero-order valence-electron chi connectivity index (χ0n) is 36.2. The van der Waals surface area contributed by atoms with Crippen LogP contribution < -0.4 is 5.32 Å². The monoisotopic (exact) mass is 780 g/mol. The van der Waals surface area contributed by atoms with Crippen molar-refractivity contribution in [2.75, 3.05) is 6.61 Å². The van der Waals surface area contributed by atoms with Gasteiger partial charge in [0.25, 0.3) is 0 Å². The third-order valence-electron chi connectivity index (χ3n) is 9.72. The molecule has 0 aliphatic rings. The first-order valence-corrected chi connectivity index (χ1v) is 22.8. The molecule has 0 heterocycles. The van der Waals surface area contributed by atoms with Gasteiger partial charge in [0, 0.05) is 6.42 Å². The molecule has 3 unspecified atom stereocenters. The summed E-state index contributed by atoms with van der Waals surface area (Å²) in [7, 11) is 0.